The van der Waals surface area contributed by atoms with Gasteiger partial charge in [-0.2, -0.15) is 9.78 Å². The lowest BCUT2D eigenvalue weighted by atomic mass is 10.2. The van der Waals surface area contributed by atoms with Gasteiger partial charge in [-0.3, -0.25) is 4.79 Å². The van der Waals surface area contributed by atoms with Crippen molar-refractivity contribution in [1.29, 1.82) is 0 Å². The number of nitrogens with zero attached hydrogens (tertiary/aromatic N) is 3. The van der Waals surface area contributed by atoms with Crippen LogP contribution in [0.3, 0.4) is 0 Å². The zero-order valence-electron chi connectivity index (χ0n) is 13.9. The summed E-state index contributed by atoms with van der Waals surface area (Å²) < 4.78 is 6.43. The first kappa shape index (κ1) is 16.9. The van der Waals surface area contributed by atoms with Crippen molar-refractivity contribution in [3.05, 3.63) is 18.3 Å². The predicted molar refractivity (Wildman–Crippen MR) is 86.3 cm³/mol. The Morgan fingerprint density at radius 2 is 2.00 bits per heavy atom. The Balaban J connectivity index is 2.23. The molecule has 0 aromatic carbocycles. The maximum Gasteiger partial charge on any atom is 0.435 e. The van der Waals surface area contributed by atoms with E-state index in [1.165, 1.54) is 6.20 Å². The van der Waals surface area contributed by atoms with Crippen molar-refractivity contribution in [2.75, 3.05) is 12.4 Å². The summed E-state index contributed by atoms with van der Waals surface area (Å²) in [6, 6.07) is 2.95. The van der Waals surface area contributed by atoms with Crippen molar-refractivity contribution in [2.24, 2.45) is 0 Å². The van der Waals surface area contributed by atoms with Gasteiger partial charge < -0.3 is 15.4 Å². The first-order valence-corrected chi connectivity index (χ1v) is 7.27. The molecule has 1 atom stereocenters. The fourth-order valence-corrected chi connectivity index (χ4v) is 1.80. The summed E-state index contributed by atoms with van der Waals surface area (Å²) >= 11 is 0. The number of amides is 1. The number of hydrogen-bond acceptors (Lipinski definition) is 6. The number of pyridine rings is 1. The molecule has 23 heavy (non-hydrogen) atoms. The van der Waals surface area contributed by atoms with Gasteiger partial charge in [0.25, 0.3) is 0 Å². The standard InChI is InChI=1S/C15H21N5O3/c1-9(16-5)13(21)19-12-7-6-11-10(18-12)8-17-20(11)14(22)23-15(2,3)4/h6-9,16H,1-5H3,(H,18,19,21). The van der Waals surface area contributed by atoms with Crippen LogP contribution in [0.5, 0.6) is 0 Å². The Morgan fingerprint density at radius 3 is 2.61 bits per heavy atom. The molecule has 2 N–H and O–H groups in total. The topological polar surface area (TPSA) is 98.1 Å². The third kappa shape index (κ3) is 4.04. The molecule has 8 heteroatoms. The largest absolute Gasteiger partial charge is 0.442 e. The summed E-state index contributed by atoms with van der Waals surface area (Å²) in [5, 5.41) is 9.55. The van der Waals surface area contributed by atoms with Crippen LogP contribution in [0.1, 0.15) is 27.7 Å². The summed E-state index contributed by atoms with van der Waals surface area (Å²) in [5.74, 6) is 0.201. The SMILES string of the molecule is CNC(C)C(=O)Nc1ccc2c(cnn2C(=O)OC(C)(C)C)n1. The van der Waals surface area contributed by atoms with Crippen molar-refractivity contribution in [1.82, 2.24) is 20.1 Å². The highest BCUT2D eigenvalue weighted by Crippen LogP contribution is 2.17. The van der Waals surface area contributed by atoms with E-state index in [9.17, 15) is 9.59 Å². The molecule has 0 spiro atoms. The van der Waals surface area contributed by atoms with Gasteiger partial charge in [0.15, 0.2) is 0 Å². The average Bonchev–Trinajstić information content (AvgIpc) is 2.87. The van der Waals surface area contributed by atoms with Gasteiger partial charge in [-0.25, -0.2) is 9.78 Å². The number of fused-ring (bicyclic) bond motifs is 1. The van der Waals surface area contributed by atoms with Crippen molar-refractivity contribution in [3.63, 3.8) is 0 Å². The molecule has 1 unspecified atom stereocenters. The molecular weight excluding hydrogens is 298 g/mol. The molecular formula is C15H21N5O3. The lowest BCUT2D eigenvalue weighted by molar-refractivity contribution is -0.117. The number of rotatable bonds is 3. The van der Waals surface area contributed by atoms with Gasteiger partial charge in [0.05, 0.1) is 17.8 Å². The van der Waals surface area contributed by atoms with Crippen LogP contribution in [-0.4, -0.2) is 45.5 Å². The predicted octanol–water partition coefficient (Wildman–Crippen LogP) is 1.76. The van der Waals surface area contributed by atoms with Crippen LogP contribution in [0.4, 0.5) is 10.6 Å². The molecule has 124 valence electrons. The van der Waals surface area contributed by atoms with Gasteiger partial charge in [0.1, 0.15) is 16.9 Å². The van der Waals surface area contributed by atoms with Gasteiger partial charge in [0, 0.05) is 0 Å². The number of anilines is 1. The van der Waals surface area contributed by atoms with E-state index in [-0.39, 0.29) is 11.9 Å². The summed E-state index contributed by atoms with van der Waals surface area (Å²) in [6.45, 7) is 7.09. The maximum atomic E-state index is 12.1. The second kappa shape index (κ2) is 6.33. The van der Waals surface area contributed by atoms with Crippen LogP contribution in [0, 0.1) is 0 Å². The minimum absolute atomic E-state index is 0.195. The monoisotopic (exact) mass is 319 g/mol. The van der Waals surface area contributed by atoms with Crippen molar-refractivity contribution >= 4 is 28.9 Å². The van der Waals surface area contributed by atoms with E-state index in [1.54, 1.807) is 46.9 Å². The number of carbonyl (C=O) groups excluding carboxylic acids is 2. The fraction of sp³-hybridized carbons (Fsp3) is 0.467. The maximum absolute atomic E-state index is 12.1. The lowest BCUT2D eigenvalue weighted by Crippen LogP contribution is -2.35. The van der Waals surface area contributed by atoms with E-state index in [2.05, 4.69) is 20.7 Å². The minimum Gasteiger partial charge on any atom is -0.442 e. The smallest absolute Gasteiger partial charge is 0.435 e. The molecule has 2 aromatic heterocycles. The molecule has 0 saturated carbocycles. The van der Waals surface area contributed by atoms with Crippen LogP contribution in [-0.2, 0) is 9.53 Å². The van der Waals surface area contributed by atoms with E-state index in [0.717, 1.165) is 4.68 Å². The molecule has 0 aliphatic carbocycles. The molecule has 0 fully saturated rings. The number of nitrogens with one attached hydrogen (secondary N) is 2. The number of hydrogen-bond donors (Lipinski definition) is 2. The molecule has 2 heterocycles. The zero-order chi connectivity index (χ0) is 17.2. The van der Waals surface area contributed by atoms with Gasteiger partial charge in [0.2, 0.25) is 5.91 Å². The van der Waals surface area contributed by atoms with E-state index in [4.69, 9.17) is 4.74 Å². The van der Waals surface area contributed by atoms with Crippen LogP contribution in [0.25, 0.3) is 11.0 Å². The van der Waals surface area contributed by atoms with Gasteiger partial charge >= 0.3 is 6.09 Å². The molecule has 0 aliphatic rings. The first-order valence-electron chi connectivity index (χ1n) is 7.27. The van der Waals surface area contributed by atoms with Gasteiger partial charge in [-0.05, 0) is 46.9 Å². The molecule has 0 bridgehead atoms. The highest BCUT2D eigenvalue weighted by Gasteiger charge is 2.20. The molecule has 0 aliphatic heterocycles. The van der Waals surface area contributed by atoms with Crippen LogP contribution in [0.2, 0.25) is 0 Å². The number of carbonyl (C=O) groups is 2. The lowest BCUT2D eigenvalue weighted by Gasteiger charge is -2.19. The summed E-state index contributed by atoms with van der Waals surface area (Å²) in [6.07, 6.45) is 0.881. The molecule has 2 rings (SSSR count). The summed E-state index contributed by atoms with van der Waals surface area (Å²) in [7, 11) is 1.70. The molecule has 8 nitrogen and oxygen atoms in total. The van der Waals surface area contributed by atoms with Crippen molar-refractivity contribution in [3.8, 4) is 0 Å². The normalized spacial score (nSPS) is 12.9. The molecule has 1 amide bonds. The minimum atomic E-state index is -0.611. The number of aromatic nitrogens is 3. The Kier molecular flexibility index (Phi) is 4.65. The van der Waals surface area contributed by atoms with Crippen LogP contribution < -0.4 is 10.6 Å². The van der Waals surface area contributed by atoms with E-state index >= 15 is 0 Å². The van der Waals surface area contributed by atoms with Gasteiger partial charge in [-0.1, -0.05) is 0 Å². The first-order chi connectivity index (χ1) is 10.7. The highest BCUT2D eigenvalue weighted by atomic mass is 16.6. The molecule has 2 aromatic rings. The fourth-order valence-electron chi connectivity index (χ4n) is 1.80. The molecule has 0 radical (unpaired) electrons. The van der Waals surface area contributed by atoms with E-state index < -0.39 is 11.7 Å². The third-order valence-corrected chi connectivity index (χ3v) is 3.07. The highest BCUT2D eigenvalue weighted by molar-refractivity contribution is 5.95. The van der Waals surface area contributed by atoms with Crippen molar-refractivity contribution < 1.29 is 14.3 Å². The Labute approximate surface area is 134 Å². The summed E-state index contributed by atoms with van der Waals surface area (Å²) in [4.78, 5) is 28.2. The summed E-state index contributed by atoms with van der Waals surface area (Å²) in [5.41, 5.74) is 0.393. The Morgan fingerprint density at radius 1 is 1.30 bits per heavy atom. The average molecular weight is 319 g/mol. The number of likely N-dealkylation sites (N-methyl/N-ethyl adjacent to an activating group) is 1. The van der Waals surface area contributed by atoms with E-state index in [0.29, 0.717) is 16.9 Å². The third-order valence-electron chi connectivity index (χ3n) is 3.07. The van der Waals surface area contributed by atoms with E-state index in [1.807, 2.05) is 0 Å². The Bertz CT molecular complexity index is 732. The molecule has 0 saturated heterocycles. The zero-order valence-corrected chi connectivity index (χ0v) is 13.9. The Hall–Kier alpha value is -2.48. The van der Waals surface area contributed by atoms with Crippen LogP contribution >= 0.6 is 0 Å². The van der Waals surface area contributed by atoms with Gasteiger partial charge in [-0.15, -0.1) is 0 Å². The second-order valence-electron chi connectivity index (χ2n) is 6.14. The van der Waals surface area contributed by atoms with Crippen molar-refractivity contribution in [2.45, 2.75) is 39.3 Å². The van der Waals surface area contributed by atoms with Crippen LogP contribution in [0.15, 0.2) is 18.3 Å². The quantitative estimate of drug-likeness (QED) is 0.894. The second-order valence-corrected chi connectivity index (χ2v) is 6.14. The number of ether oxygens (including phenoxy) is 1.